The molecule has 0 saturated heterocycles. The minimum absolute atomic E-state index is 0.00710. The van der Waals surface area contributed by atoms with Gasteiger partial charge in [0, 0.05) is 18.1 Å². The van der Waals surface area contributed by atoms with E-state index in [1.807, 2.05) is 36.5 Å². The van der Waals surface area contributed by atoms with Crippen molar-refractivity contribution in [2.24, 2.45) is 0 Å². The molecule has 5 heteroatoms. The average Bonchev–Trinajstić information content (AvgIpc) is 2.98. The molecule has 1 aromatic carbocycles. The van der Waals surface area contributed by atoms with E-state index in [0.717, 1.165) is 32.4 Å². The van der Waals surface area contributed by atoms with Gasteiger partial charge in [-0.2, -0.15) is 0 Å². The smallest absolute Gasteiger partial charge is 0.261 e. The third kappa shape index (κ3) is 3.72. The van der Waals surface area contributed by atoms with Crippen LogP contribution < -0.4 is 5.32 Å². The zero-order chi connectivity index (χ0) is 15.4. The van der Waals surface area contributed by atoms with E-state index < -0.39 is 0 Å². The minimum atomic E-state index is -0.00710. The van der Waals surface area contributed by atoms with Crippen LogP contribution >= 0.6 is 27.3 Å². The Hall–Kier alpha value is -1.72. The highest BCUT2D eigenvalue weighted by molar-refractivity contribution is 9.11. The molecule has 0 radical (unpaired) electrons. The van der Waals surface area contributed by atoms with Gasteiger partial charge in [-0.25, -0.2) is 0 Å². The molecule has 22 heavy (non-hydrogen) atoms. The Morgan fingerprint density at radius 2 is 2.09 bits per heavy atom. The number of aromatic nitrogens is 1. The van der Waals surface area contributed by atoms with Crippen molar-refractivity contribution in [2.45, 2.75) is 12.8 Å². The molecule has 3 rings (SSSR count). The van der Waals surface area contributed by atoms with E-state index in [1.54, 1.807) is 0 Å². The van der Waals surface area contributed by atoms with Gasteiger partial charge in [0.15, 0.2) is 0 Å². The number of rotatable bonds is 5. The number of hydrogen-bond donors (Lipinski definition) is 1. The SMILES string of the molecule is O=C(NCCCc1cnc2ccccc2c1)c1ccc(Br)s1. The predicted molar refractivity (Wildman–Crippen MR) is 94.4 cm³/mol. The molecule has 3 aromatic rings. The Morgan fingerprint density at radius 1 is 1.23 bits per heavy atom. The third-order valence-corrected chi connectivity index (χ3v) is 4.99. The molecular formula is C17H15BrN2OS. The highest BCUT2D eigenvalue weighted by Gasteiger charge is 2.07. The Labute approximate surface area is 141 Å². The van der Waals surface area contributed by atoms with Crippen LogP contribution in [0.4, 0.5) is 0 Å². The van der Waals surface area contributed by atoms with E-state index in [-0.39, 0.29) is 5.91 Å². The fourth-order valence-electron chi connectivity index (χ4n) is 2.27. The summed E-state index contributed by atoms with van der Waals surface area (Å²) in [5, 5.41) is 4.11. The molecule has 0 saturated carbocycles. The zero-order valence-electron chi connectivity index (χ0n) is 11.9. The van der Waals surface area contributed by atoms with Gasteiger partial charge in [-0.3, -0.25) is 9.78 Å². The Kier molecular flexibility index (Phi) is 4.85. The summed E-state index contributed by atoms with van der Waals surface area (Å²) in [6.07, 6.45) is 3.73. The second kappa shape index (κ2) is 7.03. The largest absolute Gasteiger partial charge is 0.351 e. The summed E-state index contributed by atoms with van der Waals surface area (Å²) in [6, 6.07) is 14.0. The van der Waals surface area contributed by atoms with Crippen molar-refractivity contribution < 1.29 is 4.79 Å². The van der Waals surface area contributed by atoms with Crippen LogP contribution in [0.2, 0.25) is 0 Å². The average molecular weight is 375 g/mol. The van der Waals surface area contributed by atoms with Crippen LogP contribution in [0.15, 0.2) is 52.4 Å². The molecule has 0 spiro atoms. The molecule has 0 atom stereocenters. The first-order chi connectivity index (χ1) is 10.7. The predicted octanol–water partition coefficient (Wildman–Crippen LogP) is 4.42. The van der Waals surface area contributed by atoms with Gasteiger partial charge in [0.1, 0.15) is 0 Å². The number of carbonyl (C=O) groups excluding carboxylic acids is 1. The first-order valence-electron chi connectivity index (χ1n) is 7.09. The highest BCUT2D eigenvalue weighted by atomic mass is 79.9. The van der Waals surface area contributed by atoms with Gasteiger partial charge in [-0.05, 0) is 58.6 Å². The minimum Gasteiger partial charge on any atom is -0.351 e. The van der Waals surface area contributed by atoms with Gasteiger partial charge in [0.2, 0.25) is 0 Å². The van der Waals surface area contributed by atoms with Crippen LogP contribution in [0.1, 0.15) is 21.7 Å². The maximum Gasteiger partial charge on any atom is 0.261 e. The highest BCUT2D eigenvalue weighted by Crippen LogP contribution is 2.21. The van der Waals surface area contributed by atoms with E-state index in [9.17, 15) is 4.79 Å². The number of nitrogens with one attached hydrogen (secondary N) is 1. The van der Waals surface area contributed by atoms with E-state index in [4.69, 9.17) is 0 Å². The summed E-state index contributed by atoms with van der Waals surface area (Å²) in [5.74, 6) is -0.00710. The number of hydrogen-bond acceptors (Lipinski definition) is 3. The van der Waals surface area contributed by atoms with Crippen LogP contribution in [-0.4, -0.2) is 17.4 Å². The number of aryl methyl sites for hydroxylation is 1. The maximum atomic E-state index is 11.9. The number of nitrogens with zero attached hydrogens (tertiary/aromatic N) is 1. The number of para-hydroxylation sites is 1. The maximum absolute atomic E-state index is 11.9. The number of thiophene rings is 1. The first-order valence-corrected chi connectivity index (χ1v) is 8.70. The van der Waals surface area contributed by atoms with Crippen molar-refractivity contribution in [3.05, 3.63) is 62.9 Å². The third-order valence-electron chi connectivity index (χ3n) is 3.37. The molecule has 112 valence electrons. The molecule has 0 unspecified atom stereocenters. The lowest BCUT2D eigenvalue weighted by Crippen LogP contribution is -2.23. The van der Waals surface area contributed by atoms with E-state index >= 15 is 0 Å². The van der Waals surface area contributed by atoms with Crippen molar-refractivity contribution in [3.8, 4) is 0 Å². The topological polar surface area (TPSA) is 42.0 Å². The Balaban J connectivity index is 1.51. The molecule has 0 aliphatic rings. The van der Waals surface area contributed by atoms with Crippen LogP contribution in [0.25, 0.3) is 10.9 Å². The quantitative estimate of drug-likeness (QED) is 0.671. The van der Waals surface area contributed by atoms with Gasteiger partial charge < -0.3 is 5.32 Å². The number of fused-ring (bicyclic) bond motifs is 1. The fourth-order valence-corrected chi connectivity index (χ4v) is 3.57. The summed E-state index contributed by atoms with van der Waals surface area (Å²) in [4.78, 5) is 17.1. The van der Waals surface area contributed by atoms with Crippen molar-refractivity contribution in [1.82, 2.24) is 10.3 Å². The lowest BCUT2D eigenvalue weighted by molar-refractivity contribution is 0.0957. The molecule has 0 fully saturated rings. The van der Waals surface area contributed by atoms with Crippen molar-refractivity contribution in [1.29, 1.82) is 0 Å². The second-order valence-corrected chi connectivity index (χ2v) is 7.46. The van der Waals surface area contributed by atoms with Crippen LogP contribution in [0.3, 0.4) is 0 Å². The Bertz CT molecular complexity index is 800. The molecule has 0 aliphatic heterocycles. The number of benzene rings is 1. The van der Waals surface area contributed by atoms with Gasteiger partial charge in [-0.15, -0.1) is 11.3 Å². The molecule has 0 aliphatic carbocycles. The van der Waals surface area contributed by atoms with Crippen LogP contribution in [0, 0.1) is 0 Å². The monoisotopic (exact) mass is 374 g/mol. The lowest BCUT2D eigenvalue weighted by atomic mass is 10.1. The van der Waals surface area contributed by atoms with Crippen LogP contribution in [-0.2, 0) is 6.42 Å². The summed E-state index contributed by atoms with van der Waals surface area (Å²) in [5.41, 5.74) is 2.22. The van der Waals surface area contributed by atoms with Gasteiger partial charge in [-0.1, -0.05) is 18.2 Å². The fraction of sp³-hybridized carbons (Fsp3) is 0.176. The number of carbonyl (C=O) groups is 1. The first kappa shape index (κ1) is 15.2. The van der Waals surface area contributed by atoms with E-state index in [1.165, 1.54) is 16.9 Å². The lowest BCUT2D eigenvalue weighted by Gasteiger charge is -2.05. The summed E-state index contributed by atoms with van der Waals surface area (Å²) < 4.78 is 0.972. The van der Waals surface area contributed by atoms with Crippen molar-refractivity contribution in [2.75, 3.05) is 6.54 Å². The van der Waals surface area contributed by atoms with Gasteiger partial charge in [0.05, 0.1) is 14.2 Å². The molecule has 1 amide bonds. The van der Waals surface area contributed by atoms with E-state index in [0.29, 0.717) is 6.54 Å². The number of halogens is 1. The van der Waals surface area contributed by atoms with Crippen molar-refractivity contribution in [3.63, 3.8) is 0 Å². The molecule has 3 nitrogen and oxygen atoms in total. The Morgan fingerprint density at radius 3 is 2.91 bits per heavy atom. The van der Waals surface area contributed by atoms with Crippen molar-refractivity contribution >= 4 is 44.1 Å². The van der Waals surface area contributed by atoms with Gasteiger partial charge in [0.25, 0.3) is 5.91 Å². The van der Waals surface area contributed by atoms with E-state index in [2.05, 4.69) is 38.4 Å². The molecular weight excluding hydrogens is 360 g/mol. The molecule has 0 bridgehead atoms. The number of pyridine rings is 1. The standard InChI is InChI=1S/C17H15BrN2OS/c18-16-8-7-15(22-16)17(21)19-9-3-4-12-10-13-5-1-2-6-14(13)20-11-12/h1-2,5-8,10-11H,3-4,9H2,(H,19,21). The van der Waals surface area contributed by atoms with Crippen LogP contribution in [0.5, 0.6) is 0 Å². The summed E-state index contributed by atoms with van der Waals surface area (Å²) >= 11 is 4.81. The van der Waals surface area contributed by atoms with Gasteiger partial charge >= 0.3 is 0 Å². The summed E-state index contributed by atoms with van der Waals surface area (Å²) in [6.45, 7) is 0.668. The second-order valence-electron chi connectivity index (χ2n) is 5.00. The normalized spacial score (nSPS) is 10.8. The summed E-state index contributed by atoms with van der Waals surface area (Å²) in [7, 11) is 0. The number of amides is 1. The molecule has 2 aromatic heterocycles. The zero-order valence-corrected chi connectivity index (χ0v) is 14.3. The molecule has 2 heterocycles. The molecule has 1 N–H and O–H groups in total.